The summed E-state index contributed by atoms with van der Waals surface area (Å²) in [6, 6.07) is 12.4. The molecule has 5 heteroatoms. The van der Waals surface area contributed by atoms with Crippen LogP contribution >= 0.6 is 0 Å². The quantitative estimate of drug-likeness (QED) is 0.618. The summed E-state index contributed by atoms with van der Waals surface area (Å²) in [5.74, 6) is 0.155. The number of ketones is 1. The van der Waals surface area contributed by atoms with Crippen molar-refractivity contribution < 1.29 is 23.8 Å². The van der Waals surface area contributed by atoms with E-state index in [1.54, 1.807) is 44.4 Å². The SMILES string of the molecule is CCOC(=O)C1=C(c2ccc(OC)c(OC)c2)c2ccccc2C1=O. The van der Waals surface area contributed by atoms with Crippen LogP contribution in [0.4, 0.5) is 0 Å². The first-order valence-corrected chi connectivity index (χ1v) is 7.90. The molecule has 3 rings (SSSR count). The van der Waals surface area contributed by atoms with Crippen molar-refractivity contribution in [3.05, 3.63) is 64.7 Å². The lowest BCUT2D eigenvalue weighted by molar-refractivity contribution is -0.137. The lowest BCUT2D eigenvalue weighted by Gasteiger charge is -2.12. The molecule has 2 aromatic carbocycles. The highest BCUT2D eigenvalue weighted by Crippen LogP contribution is 2.40. The van der Waals surface area contributed by atoms with E-state index >= 15 is 0 Å². The van der Waals surface area contributed by atoms with Crippen LogP contribution in [0.3, 0.4) is 0 Å². The number of carbonyl (C=O) groups is 2. The van der Waals surface area contributed by atoms with Crippen molar-refractivity contribution >= 4 is 17.3 Å². The number of rotatable bonds is 5. The molecule has 5 nitrogen and oxygen atoms in total. The maximum atomic E-state index is 12.8. The zero-order chi connectivity index (χ0) is 18.0. The summed E-state index contributed by atoms with van der Waals surface area (Å²) in [6.45, 7) is 1.91. The van der Waals surface area contributed by atoms with Crippen molar-refractivity contribution in [2.75, 3.05) is 20.8 Å². The third kappa shape index (κ3) is 2.78. The van der Waals surface area contributed by atoms with Gasteiger partial charge in [-0.15, -0.1) is 0 Å². The van der Waals surface area contributed by atoms with Gasteiger partial charge in [0.25, 0.3) is 0 Å². The van der Waals surface area contributed by atoms with Crippen LogP contribution in [-0.2, 0) is 9.53 Å². The Morgan fingerprint density at radius 2 is 1.64 bits per heavy atom. The Balaban J connectivity index is 2.24. The summed E-state index contributed by atoms with van der Waals surface area (Å²) in [7, 11) is 3.09. The van der Waals surface area contributed by atoms with Gasteiger partial charge in [-0.25, -0.2) is 4.79 Å². The van der Waals surface area contributed by atoms with Crippen molar-refractivity contribution in [1.29, 1.82) is 0 Å². The second-order valence-corrected chi connectivity index (χ2v) is 5.41. The molecule has 0 atom stereocenters. The van der Waals surface area contributed by atoms with Crippen LogP contribution in [0.25, 0.3) is 5.57 Å². The van der Waals surface area contributed by atoms with Crippen molar-refractivity contribution in [3.63, 3.8) is 0 Å². The van der Waals surface area contributed by atoms with Crippen LogP contribution in [0.2, 0.25) is 0 Å². The molecule has 128 valence electrons. The highest BCUT2D eigenvalue weighted by atomic mass is 16.5. The molecule has 0 aliphatic heterocycles. The number of Topliss-reactive ketones (excluding diaryl/α,β-unsaturated/α-hetero) is 1. The normalized spacial score (nSPS) is 12.8. The van der Waals surface area contributed by atoms with Gasteiger partial charge in [0.05, 0.1) is 20.8 Å². The molecule has 0 spiro atoms. The zero-order valence-electron chi connectivity index (χ0n) is 14.3. The van der Waals surface area contributed by atoms with Crippen LogP contribution in [0.5, 0.6) is 11.5 Å². The standard InChI is InChI=1S/C20H18O5/c1-4-25-20(22)18-17(13-7-5-6-8-14(13)19(18)21)12-9-10-15(23-2)16(11-12)24-3/h5-11H,4H2,1-3H3. The van der Waals surface area contributed by atoms with Crippen LogP contribution in [0.1, 0.15) is 28.4 Å². The maximum Gasteiger partial charge on any atom is 0.342 e. The van der Waals surface area contributed by atoms with Gasteiger partial charge in [0.1, 0.15) is 5.57 Å². The van der Waals surface area contributed by atoms with Gasteiger partial charge < -0.3 is 14.2 Å². The van der Waals surface area contributed by atoms with Crippen molar-refractivity contribution in [1.82, 2.24) is 0 Å². The van der Waals surface area contributed by atoms with Gasteiger partial charge in [0.2, 0.25) is 5.78 Å². The molecule has 25 heavy (non-hydrogen) atoms. The third-order valence-electron chi connectivity index (χ3n) is 4.07. The monoisotopic (exact) mass is 338 g/mol. The molecule has 0 unspecified atom stereocenters. The summed E-state index contributed by atoms with van der Waals surface area (Å²) in [5, 5.41) is 0. The molecule has 0 heterocycles. The minimum atomic E-state index is -0.617. The molecule has 0 amide bonds. The first kappa shape index (κ1) is 16.8. The molecular weight excluding hydrogens is 320 g/mol. The summed E-state index contributed by atoms with van der Waals surface area (Å²) >= 11 is 0. The Morgan fingerprint density at radius 1 is 0.960 bits per heavy atom. The fraction of sp³-hybridized carbons (Fsp3) is 0.200. The summed E-state index contributed by atoms with van der Waals surface area (Å²) in [5.41, 5.74) is 2.51. The van der Waals surface area contributed by atoms with Crippen molar-refractivity contribution in [3.8, 4) is 11.5 Å². The molecule has 0 fully saturated rings. The number of ether oxygens (including phenoxy) is 3. The molecular formula is C20H18O5. The van der Waals surface area contributed by atoms with Crippen LogP contribution in [-0.4, -0.2) is 32.6 Å². The van der Waals surface area contributed by atoms with Crippen LogP contribution in [0.15, 0.2) is 48.0 Å². The first-order chi connectivity index (χ1) is 12.1. The second kappa shape index (κ2) is 6.81. The van der Waals surface area contributed by atoms with E-state index in [9.17, 15) is 9.59 Å². The second-order valence-electron chi connectivity index (χ2n) is 5.41. The minimum Gasteiger partial charge on any atom is -0.493 e. The predicted octanol–water partition coefficient (Wildman–Crippen LogP) is 3.27. The molecule has 0 bridgehead atoms. The largest absolute Gasteiger partial charge is 0.493 e. The predicted molar refractivity (Wildman–Crippen MR) is 93.0 cm³/mol. The zero-order valence-corrected chi connectivity index (χ0v) is 14.3. The molecule has 2 aromatic rings. The van der Waals surface area contributed by atoms with E-state index in [-0.39, 0.29) is 18.0 Å². The molecule has 0 saturated heterocycles. The van der Waals surface area contributed by atoms with E-state index in [4.69, 9.17) is 14.2 Å². The number of carbonyl (C=O) groups excluding carboxylic acids is 2. The Bertz CT molecular complexity index is 879. The van der Waals surface area contributed by atoms with E-state index in [1.165, 1.54) is 7.11 Å². The number of hydrogen-bond acceptors (Lipinski definition) is 5. The lowest BCUT2D eigenvalue weighted by atomic mass is 9.97. The molecule has 0 aromatic heterocycles. The van der Waals surface area contributed by atoms with E-state index in [2.05, 4.69) is 0 Å². The molecule has 1 aliphatic carbocycles. The number of fused-ring (bicyclic) bond motifs is 1. The Hall–Kier alpha value is -3.08. The van der Waals surface area contributed by atoms with Gasteiger partial charge in [-0.05, 0) is 30.2 Å². The molecule has 0 saturated carbocycles. The van der Waals surface area contributed by atoms with E-state index in [0.29, 0.717) is 33.8 Å². The average Bonchev–Trinajstić information content (AvgIpc) is 2.94. The average molecular weight is 338 g/mol. The summed E-state index contributed by atoms with van der Waals surface area (Å²) in [6.07, 6.45) is 0. The van der Waals surface area contributed by atoms with Gasteiger partial charge >= 0.3 is 5.97 Å². The van der Waals surface area contributed by atoms with E-state index in [0.717, 1.165) is 0 Å². The molecule has 1 aliphatic rings. The Morgan fingerprint density at radius 3 is 2.28 bits per heavy atom. The topological polar surface area (TPSA) is 61.8 Å². The maximum absolute atomic E-state index is 12.8. The fourth-order valence-corrected chi connectivity index (χ4v) is 2.97. The smallest absolute Gasteiger partial charge is 0.342 e. The third-order valence-corrected chi connectivity index (χ3v) is 4.07. The molecule has 0 radical (unpaired) electrons. The van der Waals surface area contributed by atoms with Gasteiger partial charge in [-0.1, -0.05) is 30.3 Å². The fourth-order valence-electron chi connectivity index (χ4n) is 2.97. The van der Waals surface area contributed by atoms with Crippen molar-refractivity contribution in [2.45, 2.75) is 6.92 Å². The summed E-state index contributed by atoms with van der Waals surface area (Å²) < 4.78 is 15.7. The number of benzene rings is 2. The van der Waals surface area contributed by atoms with Crippen LogP contribution < -0.4 is 9.47 Å². The highest BCUT2D eigenvalue weighted by molar-refractivity contribution is 6.35. The Kier molecular flexibility index (Phi) is 4.57. The number of hydrogen-bond donors (Lipinski definition) is 0. The minimum absolute atomic E-state index is 0.0512. The number of esters is 1. The lowest BCUT2D eigenvalue weighted by Crippen LogP contribution is -2.14. The summed E-state index contributed by atoms with van der Waals surface area (Å²) in [4.78, 5) is 25.2. The van der Waals surface area contributed by atoms with Crippen LogP contribution in [0, 0.1) is 0 Å². The van der Waals surface area contributed by atoms with Gasteiger partial charge in [-0.3, -0.25) is 4.79 Å². The highest BCUT2D eigenvalue weighted by Gasteiger charge is 2.35. The van der Waals surface area contributed by atoms with E-state index in [1.807, 2.05) is 12.1 Å². The van der Waals surface area contributed by atoms with Gasteiger partial charge in [0.15, 0.2) is 11.5 Å². The number of methoxy groups -OCH3 is 2. The van der Waals surface area contributed by atoms with E-state index < -0.39 is 5.97 Å². The van der Waals surface area contributed by atoms with Crippen molar-refractivity contribution in [2.24, 2.45) is 0 Å². The van der Waals surface area contributed by atoms with Gasteiger partial charge in [0, 0.05) is 11.1 Å². The first-order valence-electron chi connectivity index (χ1n) is 7.90. The molecule has 0 N–H and O–H groups in total. The van der Waals surface area contributed by atoms with Gasteiger partial charge in [-0.2, -0.15) is 0 Å². The Labute approximate surface area is 145 Å².